The zero-order valence-electron chi connectivity index (χ0n) is 13.8. The number of carbonyl (C=O) groups excluding carboxylic acids is 1. The van der Waals surface area contributed by atoms with E-state index < -0.39 is 0 Å². The van der Waals surface area contributed by atoms with Crippen LogP contribution < -0.4 is 0 Å². The molecule has 6 nitrogen and oxygen atoms in total. The molecule has 4 aliphatic heterocycles. The van der Waals surface area contributed by atoms with Crippen LogP contribution in [0, 0.1) is 11.8 Å². The minimum absolute atomic E-state index is 0.0912. The number of fused-ring (bicyclic) bond motifs is 1. The lowest BCUT2D eigenvalue weighted by Crippen LogP contribution is -2.48. The molecule has 1 amide bonds. The van der Waals surface area contributed by atoms with E-state index >= 15 is 0 Å². The largest absolute Gasteiger partial charge is 0.381 e. The number of carbonyl (C=O) groups is 1. The van der Waals surface area contributed by atoms with E-state index in [0.717, 1.165) is 65.1 Å². The maximum Gasteiger partial charge on any atom is 0.248 e. The molecule has 4 aliphatic rings. The molecule has 4 heterocycles. The Morgan fingerprint density at radius 1 is 1.09 bits per heavy atom. The maximum atomic E-state index is 12.3. The number of nitrogens with zero attached hydrogens (tertiary/aromatic N) is 2. The SMILES string of the molecule is O=C(C[C@H]1OC[C@H]2CN(C3CCOCC3)CC[C@H]21)N1CCCO1. The highest BCUT2D eigenvalue weighted by Gasteiger charge is 2.43. The zero-order chi connectivity index (χ0) is 15.6. The van der Waals surface area contributed by atoms with Crippen LogP contribution in [-0.2, 0) is 19.1 Å². The first-order chi connectivity index (χ1) is 11.3. The van der Waals surface area contributed by atoms with Crippen LogP contribution in [0.5, 0.6) is 0 Å². The van der Waals surface area contributed by atoms with E-state index in [4.69, 9.17) is 14.3 Å². The van der Waals surface area contributed by atoms with E-state index in [2.05, 4.69) is 4.90 Å². The fourth-order valence-electron chi connectivity index (χ4n) is 4.63. The zero-order valence-corrected chi connectivity index (χ0v) is 13.8. The first-order valence-corrected chi connectivity index (χ1v) is 9.18. The molecule has 4 fully saturated rings. The summed E-state index contributed by atoms with van der Waals surface area (Å²) in [6.45, 7) is 6.28. The Morgan fingerprint density at radius 3 is 2.74 bits per heavy atom. The van der Waals surface area contributed by atoms with Crippen molar-refractivity contribution in [3.05, 3.63) is 0 Å². The average molecular weight is 324 g/mol. The Hall–Kier alpha value is -0.690. The lowest BCUT2D eigenvalue weighted by atomic mass is 9.82. The Balaban J connectivity index is 1.30. The van der Waals surface area contributed by atoms with Crippen LogP contribution in [0.2, 0.25) is 0 Å². The van der Waals surface area contributed by atoms with Crippen molar-refractivity contribution in [2.24, 2.45) is 11.8 Å². The topological polar surface area (TPSA) is 51.2 Å². The summed E-state index contributed by atoms with van der Waals surface area (Å²) in [7, 11) is 0. The van der Waals surface area contributed by atoms with Crippen LogP contribution in [0.1, 0.15) is 32.1 Å². The molecule has 0 bridgehead atoms. The molecular weight excluding hydrogens is 296 g/mol. The quantitative estimate of drug-likeness (QED) is 0.777. The normalized spacial score (nSPS) is 36.3. The van der Waals surface area contributed by atoms with E-state index in [-0.39, 0.29) is 12.0 Å². The summed E-state index contributed by atoms with van der Waals surface area (Å²) in [6.07, 6.45) is 5.00. The maximum absolute atomic E-state index is 12.3. The lowest BCUT2D eigenvalue weighted by Gasteiger charge is -2.41. The van der Waals surface area contributed by atoms with Gasteiger partial charge in [0.25, 0.3) is 0 Å². The van der Waals surface area contributed by atoms with E-state index in [1.54, 1.807) is 0 Å². The standard InChI is InChI=1S/C17H28N2O4/c20-17(19-5-1-7-23-19)10-16-15-2-6-18(11-13(15)12-22-16)14-3-8-21-9-4-14/h13-16H,1-12H2/t13-,15-,16-/m1/s1. The molecule has 23 heavy (non-hydrogen) atoms. The summed E-state index contributed by atoms with van der Waals surface area (Å²) in [5.41, 5.74) is 0. The Morgan fingerprint density at radius 2 is 1.96 bits per heavy atom. The molecule has 4 rings (SSSR count). The second-order valence-corrected chi connectivity index (χ2v) is 7.31. The van der Waals surface area contributed by atoms with Crippen LogP contribution in [0.15, 0.2) is 0 Å². The predicted molar refractivity (Wildman–Crippen MR) is 83.7 cm³/mol. The lowest BCUT2D eigenvalue weighted by molar-refractivity contribution is -0.171. The third kappa shape index (κ3) is 3.40. The molecule has 3 atom stereocenters. The molecule has 0 N–H and O–H groups in total. The van der Waals surface area contributed by atoms with Gasteiger partial charge < -0.3 is 9.47 Å². The number of amides is 1. The van der Waals surface area contributed by atoms with Gasteiger partial charge in [0.2, 0.25) is 5.91 Å². The number of rotatable bonds is 3. The molecule has 0 saturated carbocycles. The molecule has 0 aromatic heterocycles. The van der Waals surface area contributed by atoms with Crippen molar-refractivity contribution in [2.75, 3.05) is 46.1 Å². The number of hydrogen-bond donors (Lipinski definition) is 0. The number of hydroxylamine groups is 2. The molecule has 0 aromatic rings. The molecular formula is C17H28N2O4. The van der Waals surface area contributed by atoms with Gasteiger partial charge in [-0.2, -0.15) is 0 Å². The van der Waals surface area contributed by atoms with Gasteiger partial charge >= 0.3 is 0 Å². The van der Waals surface area contributed by atoms with Crippen molar-refractivity contribution in [2.45, 2.75) is 44.2 Å². The molecule has 0 aliphatic carbocycles. The molecule has 0 radical (unpaired) electrons. The Labute approximate surface area is 138 Å². The summed E-state index contributed by atoms with van der Waals surface area (Å²) < 4.78 is 11.5. The van der Waals surface area contributed by atoms with Crippen molar-refractivity contribution >= 4 is 5.91 Å². The summed E-state index contributed by atoms with van der Waals surface area (Å²) in [6, 6.07) is 0.684. The molecule has 0 spiro atoms. The minimum atomic E-state index is 0.0912. The van der Waals surface area contributed by atoms with E-state index in [0.29, 0.717) is 30.9 Å². The second-order valence-electron chi connectivity index (χ2n) is 7.31. The van der Waals surface area contributed by atoms with E-state index in [9.17, 15) is 4.79 Å². The van der Waals surface area contributed by atoms with Crippen molar-refractivity contribution in [1.82, 2.24) is 9.96 Å². The monoisotopic (exact) mass is 324 g/mol. The van der Waals surface area contributed by atoms with Crippen LogP contribution in [0.3, 0.4) is 0 Å². The number of piperidine rings is 1. The number of ether oxygens (including phenoxy) is 2. The fourth-order valence-corrected chi connectivity index (χ4v) is 4.63. The van der Waals surface area contributed by atoms with Crippen LogP contribution in [0.4, 0.5) is 0 Å². The highest BCUT2D eigenvalue weighted by atomic mass is 16.7. The van der Waals surface area contributed by atoms with Crippen molar-refractivity contribution in [3.8, 4) is 0 Å². The van der Waals surface area contributed by atoms with Crippen molar-refractivity contribution < 1.29 is 19.1 Å². The third-order valence-electron chi connectivity index (χ3n) is 5.94. The van der Waals surface area contributed by atoms with Gasteiger partial charge in [0.1, 0.15) is 0 Å². The van der Waals surface area contributed by atoms with Gasteiger partial charge in [-0.1, -0.05) is 0 Å². The van der Waals surface area contributed by atoms with Crippen LogP contribution >= 0.6 is 0 Å². The van der Waals surface area contributed by atoms with Crippen molar-refractivity contribution in [1.29, 1.82) is 0 Å². The fraction of sp³-hybridized carbons (Fsp3) is 0.941. The number of likely N-dealkylation sites (tertiary alicyclic amines) is 1. The Bertz CT molecular complexity index is 421. The van der Waals surface area contributed by atoms with Crippen LogP contribution in [-0.4, -0.2) is 74.1 Å². The highest BCUT2D eigenvalue weighted by molar-refractivity contribution is 5.75. The summed E-state index contributed by atoms with van der Waals surface area (Å²) in [5.74, 6) is 1.22. The number of hydrogen-bond acceptors (Lipinski definition) is 5. The summed E-state index contributed by atoms with van der Waals surface area (Å²) >= 11 is 0. The van der Waals surface area contributed by atoms with Gasteiger partial charge in [-0.25, -0.2) is 5.06 Å². The Kier molecular flexibility index (Phi) is 4.85. The molecule has 4 saturated heterocycles. The average Bonchev–Trinajstić information content (AvgIpc) is 3.25. The van der Waals surface area contributed by atoms with Gasteiger partial charge in [-0.15, -0.1) is 0 Å². The van der Waals surface area contributed by atoms with Crippen molar-refractivity contribution in [3.63, 3.8) is 0 Å². The third-order valence-corrected chi connectivity index (χ3v) is 5.94. The molecule has 0 aromatic carbocycles. The minimum Gasteiger partial charge on any atom is -0.381 e. The molecule has 6 heteroatoms. The first kappa shape index (κ1) is 15.8. The summed E-state index contributed by atoms with van der Waals surface area (Å²) in [5, 5.41) is 1.54. The van der Waals surface area contributed by atoms with Crippen LogP contribution in [0.25, 0.3) is 0 Å². The second kappa shape index (κ2) is 7.05. The van der Waals surface area contributed by atoms with Gasteiger partial charge in [0, 0.05) is 31.7 Å². The van der Waals surface area contributed by atoms with E-state index in [1.807, 2.05) is 0 Å². The highest BCUT2D eigenvalue weighted by Crippen LogP contribution is 2.37. The predicted octanol–water partition coefficient (Wildman–Crippen LogP) is 1.06. The smallest absolute Gasteiger partial charge is 0.248 e. The molecule has 130 valence electrons. The van der Waals surface area contributed by atoms with Gasteiger partial charge in [0.05, 0.1) is 32.3 Å². The van der Waals surface area contributed by atoms with Gasteiger partial charge in [-0.3, -0.25) is 14.5 Å². The van der Waals surface area contributed by atoms with Gasteiger partial charge in [-0.05, 0) is 38.1 Å². The molecule has 0 unspecified atom stereocenters. The summed E-state index contributed by atoms with van der Waals surface area (Å²) in [4.78, 5) is 20.3. The van der Waals surface area contributed by atoms with E-state index in [1.165, 1.54) is 5.06 Å². The van der Waals surface area contributed by atoms with Gasteiger partial charge in [0.15, 0.2) is 0 Å². The first-order valence-electron chi connectivity index (χ1n) is 9.18.